The summed E-state index contributed by atoms with van der Waals surface area (Å²) in [6.07, 6.45) is 7.09. The van der Waals surface area contributed by atoms with E-state index in [-0.39, 0.29) is 0 Å². The van der Waals surface area contributed by atoms with Gasteiger partial charge < -0.3 is 21.4 Å². The second-order valence-corrected chi connectivity index (χ2v) is 6.85. The van der Waals surface area contributed by atoms with Gasteiger partial charge in [-0.3, -0.25) is 0 Å². The Balaban J connectivity index is 1.61. The fourth-order valence-electron chi connectivity index (χ4n) is 3.50. The molecule has 0 radical (unpaired) electrons. The van der Waals surface area contributed by atoms with Crippen LogP contribution in [0, 0.1) is 5.92 Å². The van der Waals surface area contributed by atoms with Gasteiger partial charge in [-0.25, -0.2) is 15.0 Å². The zero-order valence-corrected chi connectivity index (χ0v) is 15.0. The van der Waals surface area contributed by atoms with Gasteiger partial charge in [0.15, 0.2) is 0 Å². The van der Waals surface area contributed by atoms with Crippen molar-refractivity contribution in [1.82, 2.24) is 25.3 Å². The predicted octanol–water partition coefficient (Wildman–Crippen LogP) is 2.58. The number of nitrogen functional groups attached to an aromatic ring is 1. The van der Waals surface area contributed by atoms with Gasteiger partial charge in [-0.15, -0.1) is 0 Å². The van der Waals surface area contributed by atoms with Crippen molar-refractivity contribution >= 4 is 22.7 Å². The minimum atomic E-state index is 0.307. The van der Waals surface area contributed by atoms with Crippen LogP contribution in [-0.4, -0.2) is 39.6 Å². The number of hydrogen-bond acceptors (Lipinski definition) is 6. The van der Waals surface area contributed by atoms with Gasteiger partial charge in [0.05, 0.1) is 17.6 Å². The lowest BCUT2D eigenvalue weighted by atomic mass is 9.98. The zero-order chi connectivity index (χ0) is 17.9. The molecule has 1 fully saturated rings. The van der Waals surface area contributed by atoms with Crippen molar-refractivity contribution in [2.45, 2.75) is 26.2 Å². The number of pyridine rings is 1. The number of fused-ring (bicyclic) bond motifs is 1. The average Bonchev–Trinajstić information content (AvgIpc) is 3.10. The molecule has 0 aromatic carbocycles. The molecular formula is C19H25N7. The Labute approximate surface area is 152 Å². The first-order chi connectivity index (χ1) is 12.7. The summed E-state index contributed by atoms with van der Waals surface area (Å²) >= 11 is 0. The fourth-order valence-corrected chi connectivity index (χ4v) is 3.50. The monoisotopic (exact) mass is 351 g/mol. The minimum Gasteiger partial charge on any atom is -0.384 e. The third-order valence-electron chi connectivity index (χ3n) is 5.02. The van der Waals surface area contributed by atoms with Crippen molar-refractivity contribution in [3.63, 3.8) is 0 Å². The zero-order valence-electron chi connectivity index (χ0n) is 15.0. The molecule has 0 unspecified atom stereocenters. The molecule has 1 aliphatic rings. The molecule has 1 saturated heterocycles. The summed E-state index contributed by atoms with van der Waals surface area (Å²) in [4.78, 5) is 16.5. The number of aromatic amines is 1. The van der Waals surface area contributed by atoms with E-state index in [0.717, 1.165) is 59.7 Å². The Morgan fingerprint density at radius 1 is 1.23 bits per heavy atom. The number of rotatable bonds is 5. The fraction of sp³-hybridized carbons (Fsp3) is 0.421. The summed E-state index contributed by atoms with van der Waals surface area (Å²) in [5.74, 6) is 1.02. The average molecular weight is 351 g/mol. The van der Waals surface area contributed by atoms with Crippen LogP contribution in [0.5, 0.6) is 0 Å². The van der Waals surface area contributed by atoms with Crippen LogP contribution in [0.4, 0.5) is 11.6 Å². The highest BCUT2D eigenvalue weighted by atomic mass is 15.0. The molecule has 1 aliphatic heterocycles. The van der Waals surface area contributed by atoms with Crippen molar-refractivity contribution in [3.8, 4) is 11.3 Å². The van der Waals surface area contributed by atoms with Crippen molar-refractivity contribution in [3.05, 3.63) is 30.2 Å². The maximum Gasteiger partial charge on any atom is 0.220 e. The van der Waals surface area contributed by atoms with Crippen LogP contribution in [-0.2, 0) is 6.42 Å². The molecule has 4 heterocycles. The van der Waals surface area contributed by atoms with Gasteiger partial charge in [0.25, 0.3) is 0 Å². The van der Waals surface area contributed by atoms with Crippen LogP contribution in [0.3, 0.4) is 0 Å². The molecule has 7 heteroatoms. The minimum absolute atomic E-state index is 0.307. The van der Waals surface area contributed by atoms with Gasteiger partial charge in [0.1, 0.15) is 5.65 Å². The van der Waals surface area contributed by atoms with Crippen LogP contribution in [0.25, 0.3) is 22.3 Å². The van der Waals surface area contributed by atoms with E-state index in [1.165, 1.54) is 12.8 Å². The SMILES string of the molecule is CCc1cc(-c2c[nH]c3ncc(NCC4CCNCC4)cc23)nc(N)n1. The van der Waals surface area contributed by atoms with Crippen LogP contribution in [0.2, 0.25) is 0 Å². The highest BCUT2D eigenvalue weighted by Gasteiger charge is 2.14. The van der Waals surface area contributed by atoms with Gasteiger partial charge in [0, 0.05) is 29.4 Å². The highest BCUT2D eigenvalue weighted by Crippen LogP contribution is 2.29. The van der Waals surface area contributed by atoms with E-state index in [9.17, 15) is 0 Å². The molecule has 3 aromatic rings. The standard InChI is InChI=1S/C19H25N7/c1-2-13-8-17(26-19(20)25-13)16-11-24-18-15(16)7-14(10-23-18)22-9-12-3-5-21-6-4-12/h7-8,10-12,21-22H,2-6,9H2,1H3,(H,23,24)(H2,20,25,26). The van der Waals surface area contributed by atoms with Crippen molar-refractivity contribution in [2.75, 3.05) is 30.7 Å². The quantitative estimate of drug-likeness (QED) is 0.563. The summed E-state index contributed by atoms with van der Waals surface area (Å²) in [5.41, 5.74) is 10.5. The van der Waals surface area contributed by atoms with Crippen LogP contribution in [0.1, 0.15) is 25.5 Å². The lowest BCUT2D eigenvalue weighted by molar-refractivity contribution is 0.390. The predicted molar refractivity (Wildman–Crippen MR) is 105 cm³/mol. The molecule has 0 saturated carbocycles. The van der Waals surface area contributed by atoms with Crippen LogP contribution >= 0.6 is 0 Å². The van der Waals surface area contributed by atoms with E-state index in [1.54, 1.807) is 0 Å². The first-order valence-corrected chi connectivity index (χ1v) is 9.28. The van der Waals surface area contributed by atoms with Crippen LogP contribution < -0.4 is 16.4 Å². The first kappa shape index (κ1) is 16.8. The number of nitrogens with two attached hydrogens (primary N) is 1. The molecule has 136 valence electrons. The van der Waals surface area contributed by atoms with Gasteiger partial charge in [0.2, 0.25) is 5.95 Å². The van der Waals surface area contributed by atoms with Gasteiger partial charge in [-0.05, 0) is 50.4 Å². The third-order valence-corrected chi connectivity index (χ3v) is 5.02. The first-order valence-electron chi connectivity index (χ1n) is 9.28. The number of H-pyrrole nitrogens is 1. The van der Waals surface area contributed by atoms with Crippen molar-refractivity contribution < 1.29 is 0 Å². The second kappa shape index (κ2) is 7.29. The Hall–Kier alpha value is -2.67. The third kappa shape index (κ3) is 3.48. The Bertz CT molecular complexity index is 896. The van der Waals surface area contributed by atoms with E-state index < -0.39 is 0 Å². The van der Waals surface area contributed by atoms with Crippen molar-refractivity contribution in [1.29, 1.82) is 0 Å². The molecule has 0 atom stereocenters. The molecule has 0 aliphatic carbocycles. The second-order valence-electron chi connectivity index (χ2n) is 6.85. The maximum atomic E-state index is 5.88. The Morgan fingerprint density at radius 2 is 2.08 bits per heavy atom. The largest absolute Gasteiger partial charge is 0.384 e. The van der Waals surface area contributed by atoms with E-state index >= 15 is 0 Å². The summed E-state index contributed by atoms with van der Waals surface area (Å²) in [6, 6.07) is 4.13. The lowest BCUT2D eigenvalue weighted by Crippen LogP contribution is -2.31. The maximum absolute atomic E-state index is 5.88. The molecule has 26 heavy (non-hydrogen) atoms. The Kier molecular flexibility index (Phi) is 4.71. The van der Waals surface area contributed by atoms with E-state index in [4.69, 9.17) is 5.73 Å². The van der Waals surface area contributed by atoms with Crippen molar-refractivity contribution in [2.24, 2.45) is 5.92 Å². The normalized spacial score (nSPS) is 15.4. The number of piperidine rings is 1. The summed E-state index contributed by atoms with van der Waals surface area (Å²) in [7, 11) is 0. The highest BCUT2D eigenvalue weighted by molar-refractivity contribution is 5.94. The molecule has 7 nitrogen and oxygen atoms in total. The number of aryl methyl sites for hydroxylation is 1. The van der Waals surface area contributed by atoms with E-state index in [1.807, 2.05) is 18.5 Å². The molecule has 0 bridgehead atoms. The molecule has 5 N–H and O–H groups in total. The summed E-state index contributed by atoms with van der Waals surface area (Å²) in [6.45, 7) is 5.27. The number of nitrogens with zero attached hydrogens (tertiary/aromatic N) is 3. The van der Waals surface area contributed by atoms with E-state index in [0.29, 0.717) is 11.9 Å². The molecule has 4 rings (SSSR count). The van der Waals surface area contributed by atoms with Crippen LogP contribution in [0.15, 0.2) is 24.5 Å². The molecular weight excluding hydrogens is 326 g/mol. The summed E-state index contributed by atoms with van der Waals surface area (Å²) in [5, 5.41) is 8.00. The smallest absolute Gasteiger partial charge is 0.220 e. The van der Waals surface area contributed by atoms with E-state index in [2.05, 4.69) is 43.6 Å². The number of anilines is 2. The van der Waals surface area contributed by atoms with Gasteiger partial charge in [-0.1, -0.05) is 6.92 Å². The topological polar surface area (TPSA) is 105 Å². The lowest BCUT2D eigenvalue weighted by Gasteiger charge is -2.23. The number of hydrogen-bond donors (Lipinski definition) is 4. The van der Waals surface area contributed by atoms with Gasteiger partial charge in [-0.2, -0.15) is 0 Å². The Morgan fingerprint density at radius 3 is 2.88 bits per heavy atom. The molecule has 0 amide bonds. The number of nitrogens with one attached hydrogen (secondary N) is 3. The van der Waals surface area contributed by atoms with Gasteiger partial charge >= 0.3 is 0 Å². The summed E-state index contributed by atoms with van der Waals surface area (Å²) < 4.78 is 0. The molecule has 3 aromatic heterocycles. The molecule has 0 spiro atoms. The number of aromatic nitrogens is 4.